The Balaban J connectivity index is 2.42. The molecule has 1 aromatic carbocycles. The second-order valence-electron chi connectivity index (χ2n) is 4.65. The lowest BCUT2D eigenvalue weighted by atomic mass is 10.0. The van der Waals surface area contributed by atoms with Crippen molar-refractivity contribution in [3.63, 3.8) is 0 Å². The molecule has 0 saturated carbocycles. The van der Waals surface area contributed by atoms with Crippen LogP contribution in [-0.2, 0) is 0 Å². The number of hydrogen-bond donors (Lipinski definition) is 1. The lowest BCUT2D eigenvalue weighted by Crippen LogP contribution is -2.20. The van der Waals surface area contributed by atoms with Crippen LogP contribution in [0.25, 0.3) is 21.6 Å². The van der Waals surface area contributed by atoms with E-state index in [0.717, 1.165) is 16.5 Å². The molecule has 2 aromatic heterocycles. The van der Waals surface area contributed by atoms with Crippen molar-refractivity contribution < 1.29 is 4.79 Å². The average Bonchev–Trinajstić information content (AvgIpc) is 2.97. The molecule has 0 fully saturated rings. The summed E-state index contributed by atoms with van der Waals surface area (Å²) in [5.74, 6) is 0.692. The molecular weight excluding hydrogens is 274 g/mol. The van der Waals surface area contributed by atoms with Crippen molar-refractivity contribution in [3.05, 3.63) is 29.1 Å². The zero-order valence-corrected chi connectivity index (χ0v) is 12.2. The third-order valence-electron chi connectivity index (χ3n) is 3.32. The Morgan fingerprint density at radius 1 is 1.30 bits per heavy atom. The monoisotopic (exact) mass is 287 g/mol. The Morgan fingerprint density at radius 2 is 2.05 bits per heavy atom. The molecule has 6 nitrogen and oxygen atoms in total. The molecule has 0 saturated heterocycles. The molecule has 7 heteroatoms. The minimum absolute atomic E-state index is 0.606. The Labute approximate surface area is 119 Å². The van der Waals surface area contributed by atoms with Crippen molar-refractivity contribution >= 4 is 28.5 Å². The van der Waals surface area contributed by atoms with Gasteiger partial charge in [0.25, 0.3) is 0 Å². The average molecular weight is 287 g/mol. The van der Waals surface area contributed by atoms with E-state index in [-0.39, 0.29) is 0 Å². The number of nitrogens with zero attached hydrogens (tertiary/aromatic N) is 4. The zero-order valence-electron chi connectivity index (χ0n) is 11.3. The van der Waals surface area contributed by atoms with E-state index in [2.05, 4.69) is 14.5 Å². The maximum Gasteiger partial charge on any atom is 0.340 e. The minimum Gasteiger partial charge on any atom is -0.350 e. The molecule has 102 valence electrons. The van der Waals surface area contributed by atoms with E-state index in [1.807, 2.05) is 32.9 Å². The van der Waals surface area contributed by atoms with E-state index in [1.54, 1.807) is 0 Å². The van der Waals surface area contributed by atoms with E-state index in [4.69, 9.17) is 5.73 Å². The highest BCUT2D eigenvalue weighted by Gasteiger charge is 2.20. The van der Waals surface area contributed by atoms with Crippen LogP contribution in [0, 0.1) is 20.8 Å². The summed E-state index contributed by atoms with van der Waals surface area (Å²) in [6.07, 6.45) is 0. The summed E-state index contributed by atoms with van der Waals surface area (Å²) in [5, 5.41) is 5.92. The number of aryl methyl sites for hydroxylation is 3. The van der Waals surface area contributed by atoms with Crippen LogP contribution in [0.15, 0.2) is 12.1 Å². The summed E-state index contributed by atoms with van der Waals surface area (Å²) >= 11 is 1.27. The van der Waals surface area contributed by atoms with Crippen molar-refractivity contribution in [1.82, 2.24) is 19.1 Å². The molecule has 2 N–H and O–H groups in total. The summed E-state index contributed by atoms with van der Waals surface area (Å²) in [4.78, 5) is 15.9. The Hall–Kier alpha value is -2.28. The Morgan fingerprint density at radius 3 is 2.65 bits per heavy atom. The van der Waals surface area contributed by atoms with Crippen molar-refractivity contribution in [2.24, 2.45) is 5.73 Å². The normalized spacial score (nSPS) is 11.2. The number of carbonyl (C=O) groups is 1. The number of nitrogens with two attached hydrogens (primary N) is 1. The third-order valence-corrected chi connectivity index (χ3v) is 4.13. The van der Waals surface area contributed by atoms with Crippen molar-refractivity contribution in [2.45, 2.75) is 20.8 Å². The summed E-state index contributed by atoms with van der Waals surface area (Å²) < 4.78 is 5.39. The molecule has 3 rings (SSSR count). The van der Waals surface area contributed by atoms with E-state index in [0.29, 0.717) is 22.0 Å². The lowest BCUT2D eigenvalue weighted by molar-refractivity contribution is 0.248. The van der Waals surface area contributed by atoms with Gasteiger partial charge in [0.1, 0.15) is 11.5 Å². The highest BCUT2D eigenvalue weighted by molar-refractivity contribution is 7.09. The number of hydrogen-bond acceptors (Lipinski definition) is 5. The molecule has 1 amide bonds. The number of fused-ring (bicyclic) bond motifs is 1. The van der Waals surface area contributed by atoms with E-state index in [1.165, 1.54) is 16.2 Å². The summed E-state index contributed by atoms with van der Waals surface area (Å²) in [7, 11) is 0. The van der Waals surface area contributed by atoms with Crippen LogP contribution < -0.4 is 5.73 Å². The van der Waals surface area contributed by atoms with E-state index in [9.17, 15) is 4.79 Å². The SMILES string of the molecule is Cc1nsc(-c2nn(C(N)=O)c3ccc(C)c(C)c23)n1. The fourth-order valence-corrected chi connectivity index (χ4v) is 2.85. The lowest BCUT2D eigenvalue weighted by Gasteiger charge is -2.02. The van der Waals surface area contributed by atoms with Crippen LogP contribution >= 0.6 is 11.5 Å². The van der Waals surface area contributed by atoms with Crippen molar-refractivity contribution in [3.8, 4) is 10.7 Å². The molecule has 0 atom stereocenters. The summed E-state index contributed by atoms with van der Waals surface area (Å²) in [6.45, 7) is 5.85. The predicted molar refractivity (Wildman–Crippen MR) is 77.8 cm³/mol. The highest BCUT2D eigenvalue weighted by atomic mass is 32.1. The topological polar surface area (TPSA) is 86.7 Å². The second kappa shape index (κ2) is 4.38. The van der Waals surface area contributed by atoms with Gasteiger partial charge in [-0.1, -0.05) is 6.07 Å². The molecule has 3 aromatic rings. The summed E-state index contributed by atoms with van der Waals surface area (Å²) in [6, 6.07) is 3.20. The molecule has 20 heavy (non-hydrogen) atoms. The summed E-state index contributed by atoms with van der Waals surface area (Å²) in [5.41, 5.74) is 8.95. The highest BCUT2D eigenvalue weighted by Crippen LogP contribution is 2.32. The molecule has 0 aliphatic heterocycles. The quantitative estimate of drug-likeness (QED) is 0.744. The molecule has 0 aliphatic carbocycles. The van der Waals surface area contributed by atoms with Crippen LogP contribution in [0.4, 0.5) is 4.79 Å². The van der Waals surface area contributed by atoms with Gasteiger partial charge in [0.05, 0.1) is 5.52 Å². The smallest absolute Gasteiger partial charge is 0.340 e. The molecule has 0 unspecified atom stereocenters. The fourth-order valence-electron chi connectivity index (χ4n) is 2.19. The van der Waals surface area contributed by atoms with Gasteiger partial charge in [-0.2, -0.15) is 14.2 Å². The van der Waals surface area contributed by atoms with Crippen LogP contribution in [0.1, 0.15) is 17.0 Å². The molecule has 0 radical (unpaired) electrons. The Kier molecular flexibility index (Phi) is 2.79. The van der Waals surface area contributed by atoms with Gasteiger partial charge in [0, 0.05) is 5.39 Å². The van der Waals surface area contributed by atoms with E-state index >= 15 is 0 Å². The first-order chi connectivity index (χ1) is 9.49. The van der Waals surface area contributed by atoms with Gasteiger partial charge in [-0.05, 0) is 49.5 Å². The van der Waals surface area contributed by atoms with Gasteiger partial charge in [0.2, 0.25) is 0 Å². The number of aromatic nitrogens is 4. The molecule has 2 heterocycles. The number of primary amides is 1. The molecule has 0 bridgehead atoms. The van der Waals surface area contributed by atoms with Gasteiger partial charge >= 0.3 is 6.03 Å². The number of rotatable bonds is 1. The number of benzene rings is 1. The predicted octanol–water partition coefficient (Wildman–Crippen LogP) is 2.41. The number of amides is 1. The minimum atomic E-state index is -0.606. The van der Waals surface area contributed by atoms with Gasteiger partial charge in [-0.15, -0.1) is 0 Å². The molecular formula is C13H13N5OS. The Bertz CT molecular complexity index is 833. The third kappa shape index (κ3) is 1.78. The first-order valence-corrected chi connectivity index (χ1v) is 6.86. The van der Waals surface area contributed by atoms with E-state index < -0.39 is 6.03 Å². The second-order valence-corrected chi connectivity index (χ2v) is 5.40. The molecule has 0 spiro atoms. The first-order valence-electron chi connectivity index (χ1n) is 6.08. The van der Waals surface area contributed by atoms with Crippen LogP contribution in [0.3, 0.4) is 0 Å². The number of carbonyl (C=O) groups excluding carboxylic acids is 1. The van der Waals surface area contributed by atoms with Crippen LogP contribution in [-0.4, -0.2) is 25.2 Å². The fraction of sp³-hybridized carbons (Fsp3) is 0.231. The van der Waals surface area contributed by atoms with Crippen molar-refractivity contribution in [2.75, 3.05) is 0 Å². The van der Waals surface area contributed by atoms with Gasteiger partial charge in [-0.3, -0.25) is 0 Å². The zero-order chi connectivity index (χ0) is 14.4. The first kappa shape index (κ1) is 12.7. The van der Waals surface area contributed by atoms with Gasteiger partial charge < -0.3 is 5.73 Å². The maximum absolute atomic E-state index is 11.6. The largest absolute Gasteiger partial charge is 0.350 e. The van der Waals surface area contributed by atoms with Crippen LogP contribution in [0.2, 0.25) is 0 Å². The maximum atomic E-state index is 11.6. The standard InChI is InChI=1S/C13H13N5OS/c1-6-4-5-9-10(7(6)2)11(16-18(9)13(14)19)12-15-8(3)17-20-12/h4-5H,1-3H3,(H2,14,19). The van der Waals surface area contributed by atoms with Crippen molar-refractivity contribution in [1.29, 1.82) is 0 Å². The van der Waals surface area contributed by atoms with Crippen LogP contribution in [0.5, 0.6) is 0 Å². The van der Waals surface area contributed by atoms with Gasteiger partial charge in [0.15, 0.2) is 5.01 Å². The molecule has 0 aliphatic rings. The van der Waals surface area contributed by atoms with Gasteiger partial charge in [-0.25, -0.2) is 9.78 Å².